The number of cyclic esters (lactones) is 1. The minimum Gasteiger partial charge on any atom is -0.477 e. The van der Waals surface area contributed by atoms with Crippen molar-refractivity contribution in [3.63, 3.8) is 0 Å². The van der Waals surface area contributed by atoms with Crippen molar-refractivity contribution in [3.8, 4) is 0 Å². The summed E-state index contributed by atoms with van der Waals surface area (Å²) in [5.41, 5.74) is 0. The topological polar surface area (TPSA) is 138 Å². The molecule has 3 N–H and O–H groups in total. The van der Waals surface area contributed by atoms with Gasteiger partial charge in [0.2, 0.25) is 6.04 Å². The third kappa shape index (κ3) is 3.19. The van der Waals surface area contributed by atoms with E-state index in [9.17, 15) is 19.2 Å². The van der Waals surface area contributed by atoms with Crippen molar-refractivity contribution in [2.75, 3.05) is 19.6 Å². The highest BCUT2D eigenvalue weighted by Gasteiger charge is 2.57. The van der Waals surface area contributed by atoms with Crippen LogP contribution in [0, 0.1) is 0 Å². The first-order valence-electron chi connectivity index (χ1n) is 5.39. The van der Waals surface area contributed by atoms with E-state index in [2.05, 4.69) is 4.74 Å². The Balaban J connectivity index is 3.15. The molecule has 0 aromatic rings. The molecule has 1 fully saturated rings. The SMILES string of the molecule is CC1OC(=O)C1[N+](CC(=O)O)(CC(=O)O)CC(=O)O. The molecule has 0 saturated carbocycles. The van der Waals surface area contributed by atoms with Gasteiger partial charge in [0.1, 0.15) is 0 Å². The van der Waals surface area contributed by atoms with Crippen molar-refractivity contribution >= 4 is 23.9 Å². The van der Waals surface area contributed by atoms with Gasteiger partial charge in [-0.3, -0.25) is 4.48 Å². The predicted octanol–water partition coefficient (Wildman–Crippen LogP) is -1.63. The number of nitrogens with zero attached hydrogens (tertiary/aromatic N) is 1. The Hall–Kier alpha value is -2.16. The zero-order valence-electron chi connectivity index (χ0n) is 10.1. The van der Waals surface area contributed by atoms with E-state index in [1.165, 1.54) is 6.92 Å². The molecule has 0 aliphatic carbocycles. The molecule has 1 saturated heterocycles. The van der Waals surface area contributed by atoms with Gasteiger partial charge in [-0.25, -0.2) is 19.2 Å². The van der Waals surface area contributed by atoms with Crippen molar-refractivity contribution in [1.82, 2.24) is 0 Å². The number of ether oxygens (including phenoxy) is 1. The lowest BCUT2D eigenvalue weighted by Crippen LogP contribution is -2.72. The first-order chi connectivity index (χ1) is 8.68. The molecule has 1 aliphatic rings. The molecule has 1 aliphatic heterocycles. The van der Waals surface area contributed by atoms with Gasteiger partial charge >= 0.3 is 23.9 Å². The number of carbonyl (C=O) groups is 4. The number of rotatable bonds is 7. The van der Waals surface area contributed by atoms with Crippen LogP contribution in [-0.2, 0) is 23.9 Å². The first kappa shape index (κ1) is 14.9. The van der Waals surface area contributed by atoms with Crippen LogP contribution in [0.5, 0.6) is 0 Å². The molecule has 1 heterocycles. The Morgan fingerprint density at radius 3 is 1.63 bits per heavy atom. The number of carboxylic acid groups (broad SMARTS) is 3. The molecular formula is C10H14NO8+. The van der Waals surface area contributed by atoms with E-state index >= 15 is 0 Å². The normalized spacial score (nSPS) is 22.3. The number of quaternary nitrogens is 1. The van der Waals surface area contributed by atoms with E-state index in [4.69, 9.17) is 15.3 Å². The van der Waals surface area contributed by atoms with Crippen LogP contribution >= 0.6 is 0 Å². The maximum absolute atomic E-state index is 11.4. The molecule has 106 valence electrons. The molecular weight excluding hydrogens is 262 g/mol. The highest BCUT2D eigenvalue weighted by atomic mass is 16.6. The Labute approximate surface area is 107 Å². The number of esters is 1. The average Bonchev–Trinajstić information content (AvgIpc) is 2.11. The lowest BCUT2D eigenvalue weighted by Gasteiger charge is -2.46. The molecule has 2 atom stereocenters. The highest BCUT2D eigenvalue weighted by molar-refractivity contribution is 5.82. The van der Waals surface area contributed by atoms with Gasteiger partial charge in [-0.1, -0.05) is 0 Å². The second-order valence-corrected chi connectivity index (χ2v) is 4.46. The molecule has 9 nitrogen and oxygen atoms in total. The lowest BCUT2D eigenvalue weighted by atomic mass is 10.0. The Morgan fingerprint density at radius 1 is 1.05 bits per heavy atom. The van der Waals surface area contributed by atoms with Gasteiger partial charge in [0.15, 0.2) is 25.7 Å². The van der Waals surface area contributed by atoms with Gasteiger partial charge < -0.3 is 20.1 Å². The molecule has 0 aromatic heterocycles. The van der Waals surface area contributed by atoms with Crippen molar-refractivity contribution in [3.05, 3.63) is 0 Å². The number of hydrogen-bond acceptors (Lipinski definition) is 5. The fourth-order valence-electron chi connectivity index (χ4n) is 2.38. The minimum atomic E-state index is -1.38. The Bertz CT molecular complexity index is 390. The summed E-state index contributed by atoms with van der Waals surface area (Å²) in [7, 11) is 0. The van der Waals surface area contributed by atoms with E-state index in [0.29, 0.717) is 0 Å². The maximum Gasteiger partial charge on any atom is 0.369 e. The van der Waals surface area contributed by atoms with Crippen molar-refractivity contribution < 1.29 is 43.7 Å². The molecule has 9 heteroatoms. The van der Waals surface area contributed by atoms with Gasteiger partial charge in [0, 0.05) is 0 Å². The number of hydrogen-bond donors (Lipinski definition) is 3. The zero-order valence-corrected chi connectivity index (χ0v) is 10.1. The van der Waals surface area contributed by atoms with Gasteiger partial charge in [-0.2, -0.15) is 0 Å². The fourth-order valence-corrected chi connectivity index (χ4v) is 2.38. The zero-order chi connectivity index (χ0) is 14.8. The summed E-state index contributed by atoms with van der Waals surface area (Å²) in [6, 6.07) is -1.09. The second-order valence-electron chi connectivity index (χ2n) is 4.46. The number of carbonyl (C=O) groups excluding carboxylic acids is 1. The molecule has 0 radical (unpaired) electrons. The minimum absolute atomic E-state index is 0.717. The lowest BCUT2D eigenvalue weighted by molar-refractivity contribution is -0.931. The van der Waals surface area contributed by atoms with Crippen LogP contribution in [-0.4, -0.2) is 75.5 Å². The third-order valence-corrected chi connectivity index (χ3v) is 2.93. The molecule has 0 amide bonds. The van der Waals surface area contributed by atoms with E-state index in [1.807, 2.05) is 0 Å². The van der Waals surface area contributed by atoms with Crippen LogP contribution in [0.15, 0.2) is 0 Å². The standard InChI is InChI=1S/C10H13NO8/c1-5-9(10(18)19-5)11(2-6(12)13,3-7(14)15)4-8(16)17/h5,9H,2-4H2,1H3,(H2-,12,13,14,15,16,17)/p+1. The van der Waals surface area contributed by atoms with Gasteiger partial charge in [0.05, 0.1) is 0 Å². The summed E-state index contributed by atoms with van der Waals surface area (Å²) in [6.07, 6.45) is -0.717. The molecule has 0 spiro atoms. The summed E-state index contributed by atoms with van der Waals surface area (Å²) in [6.45, 7) is -0.862. The van der Waals surface area contributed by atoms with Crippen molar-refractivity contribution in [1.29, 1.82) is 0 Å². The quantitative estimate of drug-likeness (QED) is 0.372. The maximum atomic E-state index is 11.4. The molecule has 19 heavy (non-hydrogen) atoms. The van der Waals surface area contributed by atoms with E-state index in [-0.39, 0.29) is 0 Å². The molecule has 0 aromatic carbocycles. The summed E-state index contributed by atoms with van der Waals surface area (Å²) in [5.74, 6) is -4.92. The molecule has 2 unspecified atom stereocenters. The van der Waals surface area contributed by atoms with E-state index in [0.717, 1.165) is 0 Å². The number of carboxylic acids is 3. The Kier molecular flexibility index (Phi) is 4.10. The van der Waals surface area contributed by atoms with Crippen molar-refractivity contribution in [2.45, 2.75) is 19.1 Å². The first-order valence-corrected chi connectivity index (χ1v) is 5.39. The smallest absolute Gasteiger partial charge is 0.369 e. The number of aliphatic carboxylic acids is 3. The summed E-state index contributed by atoms with van der Waals surface area (Å²) in [4.78, 5) is 44.1. The fraction of sp³-hybridized carbons (Fsp3) is 0.600. The summed E-state index contributed by atoms with van der Waals surface area (Å²) < 4.78 is 3.78. The van der Waals surface area contributed by atoms with Crippen molar-refractivity contribution in [2.24, 2.45) is 0 Å². The van der Waals surface area contributed by atoms with Crippen LogP contribution in [0.4, 0.5) is 0 Å². The van der Waals surface area contributed by atoms with Gasteiger partial charge in [-0.15, -0.1) is 0 Å². The summed E-state index contributed by atoms with van der Waals surface area (Å²) >= 11 is 0. The van der Waals surface area contributed by atoms with Crippen LogP contribution in [0.25, 0.3) is 0 Å². The van der Waals surface area contributed by atoms with Gasteiger partial charge in [-0.05, 0) is 6.92 Å². The van der Waals surface area contributed by atoms with Crippen LogP contribution in [0.1, 0.15) is 6.92 Å². The van der Waals surface area contributed by atoms with E-state index < -0.39 is 60.1 Å². The van der Waals surface area contributed by atoms with E-state index in [1.54, 1.807) is 0 Å². The monoisotopic (exact) mass is 276 g/mol. The van der Waals surface area contributed by atoms with Crippen LogP contribution < -0.4 is 0 Å². The van der Waals surface area contributed by atoms with Crippen LogP contribution in [0.2, 0.25) is 0 Å². The largest absolute Gasteiger partial charge is 0.477 e. The average molecular weight is 276 g/mol. The third-order valence-electron chi connectivity index (χ3n) is 2.93. The van der Waals surface area contributed by atoms with Gasteiger partial charge in [0.25, 0.3) is 0 Å². The predicted molar refractivity (Wildman–Crippen MR) is 57.1 cm³/mol. The highest BCUT2D eigenvalue weighted by Crippen LogP contribution is 2.27. The molecule has 1 rings (SSSR count). The summed E-state index contributed by atoms with van der Waals surface area (Å²) in [5, 5.41) is 26.6. The Morgan fingerprint density at radius 2 is 1.42 bits per heavy atom. The second kappa shape index (κ2) is 5.22. The van der Waals surface area contributed by atoms with Crippen LogP contribution in [0.3, 0.4) is 0 Å². The molecule has 0 bridgehead atoms.